The average molecular weight is 290 g/mol. The van der Waals surface area contributed by atoms with Crippen LogP contribution in [-0.2, 0) is 0 Å². The summed E-state index contributed by atoms with van der Waals surface area (Å²) in [6.45, 7) is 0.882. The van der Waals surface area contributed by atoms with Gasteiger partial charge in [-0.1, -0.05) is 29.8 Å². The van der Waals surface area contributed by atoms with Crippen molar-refractivity contribution in [3.8, 4) is 5.95 Å². The fraction of sp³-hybridized carbons (Fsp3) is 0.250. The van der Waals surface area contributed by atoms with E-state index in [9.17, 15) is 4.79 Å². The summed E-state index contributed by atoms with van der Waals surface area (Å²) in [5.41, 5.74) is 4.89. The first-order chi connectivity index (χ1) is 8.24. The van der Waals surface area contributed by atoms with Crippen LogP contribution in [0, 0.1) is 0 Å². The summed E-state index contributed by atoms with van der Waals surface area (Å²) in [5.74, 6) is 0.0591. The van der Waals surface area contributed by atoms with Crippen molar-refractivity contribution >= 4 is 34.8 Å². The lowest BCUT2D eigenvalue weighted by molar-refractivity contribution is 0.231. The molecule has 1 aromatic carbocycles. The molecule has 0 atom stereocenters. The van der Waals surface area contributed by atoms with Crippen molar-refractivity contribution < 1.29 is 9.15 Å². The molecule has 0 spiro atoms. The van der Waals surface area contributed by atoms with Gasteiger partial charge in [-0.3, -0.25) is 0 Å². The van der Waals surface area contributed by atoms with Crippen molar-refractivity contribution in [1.82, 2.24) is 0 Å². The number of hydrogen-bond acceptors (Lipinski definition) is 4. The van der Waals surface area contributed by atoms with E-state index in [-0.39, 0.29) is 18.4 Å². The van der Waals surface area contributed by atoms with Crippen LogP contribution in [0.5, 0.6) is 5.95 Å². The summed E-state index contributed by atoms with van der Waals surface area (Å²) >= 11 is 6.10. The van der Waals surface area contributed by atoms with Crippen LogP contribution < -0.4 is 16.1 Å². The van der Waals surface area contributed by atoms with E-state index >= 15 is 0 Å². The van der Waals surface area contributed by atoms with Gasteiger partial charge in [-0.2, -0.15) is 0 Å². The largest absolute Gasteiger partial charge is 0.464 e. The van der Waals surface area contributed by atoms with Gasteiger partial charge in [0, 0.05) is 5.39 Å². The van der Waals surface area contributed by atoms with Crippen molar-refractivity contribution in [3.63, 3.8) is 0 Å². The van der Waals surface area contributed by atoms with E-state index in [0.717, 1.165) is 0 Å². The highest BCUT2D eigenvalue weighted by Gasteiger charge is 2.12. The van der Waals surface area contributed by atoms with Crippen LogP contribution in [-0.4, -0.2) is 13.2 Å². The van der Waals surface area contributed by atoms with Gasteiger partial charge in [0.05, 0.1) is 12.0 Å². The minimum absolute atomic E-state index is 0. The van der Waals surface area contributed by atoms with E-state index in [0.29, 0.717) is 35.4 Å². The van der Waals surface area contributed by atoms with Crippen LogP contribution in [0.2, 0.25) is 5.02 Å². The Kier molecular flexibility index (Phi) is 5.47. The number of nitrogens with two attached hydrogens (primary N) is 1. The highest BCUT2D eigenvalue weighted by Crippen LogP contribution is 2.30. The van der Waals surface area contributed by atoms with Crippen molar-refractivity contribution in [2.45, 2.75) is 6.42 Å². The van der Waals surface area contributed by atoms with Gasteiger partial charge in [0.1, 0.15) is 5.02 Å². The smallest absolute Gasteiger partial charge is 0.346 e. The van der Waals surface area contributed by atoms with Crippen molar-refractivity contribution in [1.29, 1.82) is 0 Å². The minimum Gasteiger partial charge on any atom is -0.464 e. The van der Waals surface area contributed by atoms with Crippen molar-refractivity contribution in [2.24, 2.45) is 5.73 Å². The Hall–Kier alpha value is -1.23. The van der Waals surface area contributed by atoms with Crippen LogP contribution >= 0.6 is 24.0 Å². The van der Waals surface area contributed by atoms with Gasteiger partial charge in [0.2, 0.25) is 0 Å². The van der Waals surface area contributed by atoms with Gasteiger partial charge in [0.15, 0.2) is 0 Å². The molecule has 0 radical (unpaired) electrons. The molecule has 0 saturated carbocycles. The molecule has 0 amide bonds. The number of hydrogen-bond donors (Lipinski definition) is 1. The number of benzene rings is 1. The summed E-state index contributed by atoms with van der Waals surface area (Å²) in [7, 11) is 0. The third kappa shape index (κ3) is 2.96. The van der Waals surface area contributed by atoms with E-state index in [1.54, 1.807) is 24.3 Å². The SMILES string of the molecule is Cl.NCCCOc1oc(=O)c2ccccc2c1Cl. The normalized spacial score (nSPS) is 10.1. The maximum atomic E-state index is 11.7. The molecule has 98 valence electrons. The molecule has 2 N–H and O–H groups in total. The summed E-state index contributed by atoms with van der Waals surface area (Å²) in [5, 5.41) is 1.40. The molecular weight excluding hydrogens is 277 g/mol. The molecule has 18 heavy (non-hydrogen) atoms. The van der Waals surface area contributed by atoms with Crippen LogP contribution in [0.15, 0.2) is 33.5 Å². The second-order valence-corrected chi connectivity index (χ2v) is 3.91. The topological polar surface area (TPSA) is 65.5 Å². The summed E-state index contributed by atoms with van der Waals surface area (Å²) in [6, 6.07) is 6.98. The van der Waals surface area contributed by atoms with E-state index in [1.165, 1.54) is 0 Å². The molecule has 0 aliphatic carbocycles. The standard InChI is InChI=1S/C12H12ClNO3.ClH/c13-10-8-4-1-2-5-9(8)11(15)17-12(10)16-7-3-6-14;/h1-2,4-5H,3,6-7,14H2;1H. The Morgan fingerprint density at radius 1 is 1.28 bits per heavy atom. The highest BCUT2D eigenvalue weighted by molar-refractivity contribution is 6.36. The van der Waals surface area contributed by atoms with Gasteiger partial charge < -0.3 is 14.9 Å². The van der Waals surface area contributed by atoms with E-state index in [2.05, 4.69) is 0 Å². The molecule has 1 aromatic heterocycles. The van der Waals surface area contributed by atoms with Crippen LogP contribution in [0.4, 0.5) is 0 Å². The van der Waals surface area contributed by atoms with Crippen molar-refractivity contribution in [2.75, 3.05) is 13.2 Å². The average Bonchev–Trinajstić information content (AvgIpc) is 2.36. The van der Waals surface area contributed by atoms with Crippen LogP contribution in [0.1, 0.15) is 6.42 Å². The molecule has 0 fully saturated rings. The van der Waals surface area contributed by atoms with Gasteiger partial charge in [-0.15, -0.1) is 12.4 Å². The first-order valence-corrected chi connectivity index (χ1v) is 5.66. The lowest BCUT2D eigenvalue weighted by Crippen LogP contribution is -2.08. The van der Waals surface area contributed by atoms with E-state index in [1.807, 2.05) is 0 Å². The summed E-state index contributed by atoms with van der Waals surface area (Å²) < 4.78 is 10.3. The van der Waals surface area contributed by atoms with E-state index in [4.69, 9.17) is 26.5 Å². The molecule has 0 aliphatic rings. The maximum absolute atomic E-state index is 11.7. The lowest BCUT2D eigenvalue weighted by Gasteiger charge is -2.07. The van der Waals surface area contributed by atoms with Gasteiger partial charge in [-0.25, -0.2) is 4.79 Å². The Labute approximate surface area is 115 Å². The Bertz CT molecular complexity index is 583. The highest BCUT2D eigenvalue weighted by atomic mass is 35.5. The third-order valence-electron chi connectivity index (χ3n) is 2.33. The Morgan fingerprint density at radius 2 is 1.94 bits per heavy atom. The fourth-order valence-electron chi connectivity index (χ4n) is 1.49. The van der Waals surface area contributed by atoms with E-state index < -0.39 is 5.63 Å². The number of fused-ring (bicyclic) bond motifs is 1. The van der Waals surface area contributed by atoms with Crippen LogP contribution in [0.25, 0.3) is 10.8 Å². The summed E-state index contributed by atoms with van der Waals surface area (Å²) in [6.07, 6.45) is 0.673. The molecule has 1 heterocycles. The van der Waals surface area contributed by atoms with Gasteiger partial charge in [-0.05, 0) is 19.0 Å². The molecule has 2 rings (SSSR count). The zero-order chi connectivity index (χ0) is 12.3. The predicted molar refractivity (Wildman–Crippen MR) is 73.9 cm³/mol. The third-order valence-corrected chi connectivity index (χ3v) is 2.69. The van der Waals surface area contributed by atoms with Crippen molar-refractivity contribution in [3.05, 3.63) is 39.7 Å². The second kappa shape index (κ2) is 6.64. The van der Waals surface area contributed by atoms with Crippen LogP contribution in [0.3, 0.4) is 0 Å². The zero-order valence-corrected chi connectivity index (χ0v) is 11.1. The molecule has 0 aliphatic heterocycles. The molecule has 2 aromatic rings. The zero-order valence-electron chi connectivity index (χ0n) is 9.52. The quantitative estimate of drug-likeness (QED) is 0.879. The maximum Gasteiger partial charge on any atom is 0.346 e. The molecule has 6 heteroatoms. The lowest BCUT2D eigenvalue weighted by atomic mass is 10.2. The Morgan fingerprint density at radius 3 is 2.61 bits per heavy atom. The number of halogens is 2. The second-order valence-electron chi connectivity index (χ2n) is 3.53. The molecule has 0 saturated heterocycles. The van der Waals surface area contributed by atoms with Gasteiger partial charge >= 0.3 is 11.6 Å². The number of ether oxygens (including phenoxy) is 1. The molecular formula is C12H13Cl2NO3. The predicted octanol–water partition coefficient (Wildman–Crippen LogP) is 2.60. The number of rotatable bonds is 4. The minimum atomic E-state index is -0.451. The first-order valence-electron chi connectivity index (χ1n) is 5.28. The monoisotopic (exact) mass is 289 g/mol. The molecule has 0 bridgehead atoms. The summed E-state index contributed by atoms with van der Waals surface area (Å²) in [4.78, 5) is 11.7. The first kappa shape index (κ1) is 14.8. The molecule has 4 nitrogen and oxygen atoms in total. The van der Waals surface area contributed by atoms with Gasteiger partial charge in [0.25, 0.3) is 0 Å². The fourth-order valence-corrected chi connectivity index (χ4v) is 1.75. The Balaban J connectivity index is 0.00000162. The molecule has 0 unspecified atom stereocenters.